The summed E-state index contributed by atoms with van der Waals surface area (Å²) in [5.74, 6) is 0.665. The van der Waals surface area contributed by atoms with Crippen LogP contribution in [0.2, 0.25) is 5.02 Å². The number of halogens is 1. The van der Waals surface area contributed by atoms with Crippen LogP contribution in [0.25, 0.3) is 5.57 Å². The fraction of sp³-hybridized carbons (Fsp3) is 0.343. The molecule has 0 spiro atoms. The molecule has 2 aliphatic heterocycles. The van der Waals surface area contributed by atoms with Crippen LogP contribution in [0.3, 0.4) is 0 Å². The second kappa shape index (κ2) is 14.4. The smallest absolute Gasteiger partial charge is 0.408 e. The van der Waals surface area contributed by atoms with E-state index >= 15 is 0 Å². The third-order valence-corrected chi connectivity index (χ3v) is 9.01. The number of ether oxygens (including phenoxy) is 2. The lowest BCUT2D eigenvalue weighted by molar-refractivity contribution is -0.128. The number of aliphatic hydroxyl groups excluding tert-OH is 1. The average molecular weight is 664 g/mol. The summed E-state index contributed by atoms with van der Waals surface area (Å²) in [4.78, 5) is 42.3. The summed E-state index contributed by atoms with van der Waals surface area (Å²) in [6.45, 7) is 4.23. The number of amides is 3. The molecule has 11 nitrogen and oxygen atoms in total. The van der Waals surface area contributed by atoms with Crippen LogP contribution in [0.15, 0.2) is 72.3 Å². The number of hydrogen-bond donors (Lipinski definition) is 3. The fourth-order valence-corrected chi connectivity index (χ4v) is 6.43. The van der Waals surface area contributed by atoms with Crippen molar-refractivity contribution >= 4 is 35.3 Å². The number of carbonyl (C=O) groups excluding carboxylic acids is 1. The number of aryl methyl sites for hydroxylation is 2. The molecule has 2 heterocycles. The van der Waals surface area contributed by atoms with Gasteiger partial charge >= 0.3 is 12.2 Å². The van der Waals surface area contributed by atoms with Crippen LogP contribution in [0, 0.1) is 13.8 Å². The van der Waals surface area contributed by atoms with Crippen molar-refractivity contribution in [2.24, 2.45) is 0 Å². The highest BCUT2D eigenvalue weighted by Gasteiger charge is 2.48. The maximum Gasteiger partial charge on any atom is 0.408 e. The van der Waals surface area contributed by atoms with Crippen molar-refractivity contribution in [1.29, 1.82) is 0 Å². The number of aliphatic hydroxyl groups is 1. The lowest BCUT2D eigenvalue weighted by Gasteiger charge is -2.49. The van der Waals surface area contributed by atoms with Gasteiger partial charge in [-0.15, -0.1) is 0 Å². The SMILES string of the molecule is Cc1cc(Cl)c(OCCOc2ccc(C3=C(C(=O)N(C)C[C@H](O)c4ccccc4)[C@H]4CN(C(=O)O)C[C@@H](C3)N4C(=O)O)cc2)cc1C. The first-order valence-corrected chi connectivity index (χ1v) is 15.7. The Morgan fingerprint density at radius 3 is 2.26 bits per heavy atom. The van der Waals surface area contributed by atoms with Gasteiger partial charge in [0.2, 0.25) is 0 Å². The topological polar surface area (TPSA) is 140 Å². The summed E-state index contributed by atoms with van der Waals surface area (Å²) in [7, 11) is 1.54. The van der Waals surface area contributed by atoms with E-state index in [1.54, 1.807) is 48.5 Å². The van der Waals surface area contributed by atoms with Crippen molar-refractivity contribution in [3.63, 3.8) is 0 Å². The Hall–Kier alpha value is -4.74. The molecule has 248 valence electrons. The Bertz CT molecular complexity index is 1660. The quantitative estimate of drug-likeness (QED) is 0.243. The molecule has 0 aliphatic carbocycles. The van der Waals surface area contributed by atoms with Crippen LogP contribution < -0.4 is 9.47 Å². The van der Waals surface area contributed by atoms with Gasteiger partial charge in [-0.05, 0) is 72.4 Å². The van der Waals surface area contributed by atoms with E-state index in [4.69, 9.17) is 21.1 Å². The molecular formula is C35H38ClN3O8. The van der Waals surface area contributed by atoms with Gasteiger partial charge in [-0.2, -0.15) is 0 Å². The van der Waals surface area contributed by atoms with Crippen LogP contribution in [0.5, 0.6) is 11.5 Å². The molecule has 3 aromatic rings. The predicted molar refractivity (Wildman–Crippen MR) is 176 cm³/mol. The Morgan fingerprint density at radius 2 is 1.60 bits per heavy atom. The monoisotopic (exact) mass is 663 g/mol. The Kier molecular flexibility index (Phi) is 10.3. The maximum atomic E-state index is 14.1. The number of rotatable bonds is 10. The minimum Gasteiger partial charge on any atom is -0.490 e. The average Bonchev–Trinajstić information content (AvgIpc) is 3.04. The molecule has 0 aromatic heterocycles. The van der Waals surface area contributed by atoms with Gasteiger partial charge in [0.05, 0.1) is 29.8 Å². The van der Waals surface area contributed by atoms with E-state index in [1.807, 2.05) is 32.0 Å². The molecule has 3 N–H and O–H groups in total. The van der Waals surface area contributed by atoms with Gasteiger partial charge in [0.25, 0.3) is 5.91 Å². The van der Waals surface area contributed by atoms with Gasteiger partial charge in [0, 0.05) is 25.7 Å². The molecule has 3 aromatic carbocycles. The van der Waals surface area contributed by atoms with Crippen molar-refractivity contribution < 1.29 is 39.2 Å². The third-order valence-electron chi connectivity index (χ3n) is 8.71. The van der Waals surface area contributed by atoms with Crippen LogP contribution in [-0.2, 0) is 4.79 Å². The predicted octanol–water partition coefficient (Wildman–Crippen LogP) is 5.47. The second-order valence-corrected chi connectivity index (χ2v) is 12.3. The van der Waals surface area contributed by atoms with Crippen molar-refractivity contribution in [3.8, 4) is 11.5 Å². The van der Waals surface area contributed by atoms with Crippen molar-refractivity contribution in [2.75, 3.05) is 39.9 Å². The van der Waals surface area contributed by atoms with Crippen molar-refractivity contribution in [1.82, 2.24) is 14.7 Å². The Morgan fingerprint density at radius 1 is 0.936 bits per heavy atom. The summed E-state index contributed by atoms with van der Waals surface area (Å²) in [5.41, 5.74) is 4.29. The van der Waals surface area contributed by atoms with E-state index in [0.717, 1.165) is 16.0 Å². The van der Waals surface area contributed by atoms with Crippen molar-refractivity contribution in [2.45, 2.75) is 38.5 Å². The molecular weight excluding hydrogens is 626 g/mol. The van der Waals surface area contributed by atoms with Gasteiger partial charge in [-0.25, -0.2) is 9.59 Å². The number of benzene rings is 3. The lowest BCUT2D eigenvalue weighted by atomic mass is 9.81. The fourth-order valence-electron chi connectivity index (χ4n) is 6.16. The molecule has 5 rings (SSSR count). The summed E-state index contributed by atoms with van der Waals surface area (Å²) in [6, 6.07) is 18.1. The standard InChI is InChI=1S/C35H38ClN3O8/c1-21-15-28(36)31(16-22(21)2)47-14-13-46-26-11-9-23(10-12-26)27-17-25-18-38(34(42)43)19-29(39(25)35(44)45)32(27)33(41)37(3)20-30(40)24-7-5-4-6-8-24/h4-12,15-16,25,29-30,40H,13-14,17-20H2,1-3H3,(H,42,43)(H,44,45)/t25-,29-,30+/m1/s1. The Balaban J connectivity index is 1.39. The number of nitrogens with zero attached hydrogens (tertiary/aromatic N) is 3. The minimum absolute atomic E-state index is 0.0165. The number of fused-ring (bicyclic) bond motifs is 2. The van der Waals surface area contributed by atoms with Crippen LogP contribution >= 0.6 is 11.6 Å². The molecule has 3 amide bonds. The summed E-state index contributed by atoms with van der Waals surface area (Å²) < 4.78 is 11.7. The molecule has 2 aliphatic rings. The highest BCUT2D eigenvalue weighted by molar-refractivity contribution is 6.32. The zero-order chi connectivity index (χ0) is 33.8. The van der Waals surface area contributed by atoms with E-state index in [9.17, 15) is 29.7 Å². The van der Waals surface area contributed by atoms with Crippen LogP contribution in [-0.4, -0.2) is 100 Å². The van der Waals surface area contributed by atoms with Crippen LogP contribution in [0.1, 0.15) is 34.8 Å². The molecule has 1 fully saturated rings. The number of carboxylic acid groups (broad SMARTS) is 2. The summed E-state index contributed by atoms with van der Waals surface area (Å²) in [6.07, 6.45) is -3.25. The Labute approximate surface area is 278 Å². The third kappa shape index (κ3) is 7.47. The van der Waals surface area contributed by atoms with Crippen LogP contribution in [0.4, 0.5) is 9.59 Å². The zero-order valence-corrected chi connectivity index (χ0v) is 27.2. The van der Waals surface area contributed by atoms with E-state index in [1.165, 1.54) is 16.8 Å². The zero-order valence-electron chi connectivity index (χ0n) is 26.4. The molecule has 47 heavy (non-hydrogen) atoms. The molecule has 3 atom stereocenters. The van der Waals surface area contributed by atoms with Gasteiger partial charge in [0.1, 0.15) is 24.7 Å². The van der Waals surface area contributed by atoms with E-state index < -0.39 is 36.3 Å². The van der Waals surface area contributed by atoms with Gasteiger partial charge in [0.15, 0.2) is 0 Å². The summed E-state index contributed by atoms with van der Waals surface area (Å²) >= 11 is 6.30. The van der Waals surface area contributed by atoms with Crippen molar-refractivity contribution in [3.05, 3.63) is 99.6 Å². The first-order chi connectivity index (χ1) is 22.4. The van der Waals surface area contributed by atoms with Gasteiger partial charge in [-0.1, -0.05) is 54.1 Å². The molecule has 1 saturated heterocycles. The highest BCUT2D eigenvalue weighted by Crippen LogP contribution is 2.40. The maximum absolute atomic E-state index is 14.1. The molecule has 2 bridgehead atoms. The number of piperazine rings is 1. The summed E-state index contributed by atoms with van der Waals surface area (Å²) in [5, 5.41) is 31.3. The highest BCUT2D eigenvalue weighted by atomic mass is 35.5. The molecule has 0 saturated carbocycles. The number of likely N-dealkylation sites (N-methyl/N-ethyl adjacent to an activating group) is 1. The van der Waals surface area contributed by atoms with E-state index in [2.05, 4.69) is 0 Å². The largest absolute Gasteiger partial charge is 0.490 e. The first kappa shape index (κ1) is 33.6. The van der Waals surface area contributed by atoms with Gasteiger partial charge < -0.3 is 34.6 Å². The van der Waals surface area contributed by atoms with Gasteiger partial charge in [-0.3, -0.25) is 9.69 Å². The number of carbonyl (C=O) groups is 3. The first-order valence-electron chi connectivity index (χ1n) is 15.3. The minimum atomic E-state index is -1.23. The van der Waals surface area contributed by atoms with E-state index in [-0.39, 0.29) is 44.8 Å². The van der Waals surface area contributed by atoms with E-state index in [0.29, 0.717) is 33.2 Å². The molecule has 12 heteroatoms. The normalized spacial score (nSPS) is 18.1. The number of hydrogen-bond acceptors (Lipinski definition) is 6. The lowest BCUT2D eigenvalue weighted by Crippen LogP contribution is -2.64. The molecule has 0 unspecified atom stereocenters. The molecule has 0 radical (unpaired) electrons. The second-order valence-electron chi connectivity index (χ2n) is 11.8.